The van der Waals surface area contributed by atoms with Crippen LogP contribution in [0.1, 0.15) is 24.2 Å². The molecule has 1 aromatic rings. The molecule has 14 heavy (non-hydrogen) atoms. The van der Waals surface area contributed by atoms with E-state index in [2.05, 4.69) is 14.9 Å². The lowest BCUT2D eigenvalue weighted by Crippen LogP contribution is -2.45. The molecular weight excluding hydrogens is 186 g/mol. The molecule has 0 amide bonds. The molecule has 0 saturated carbocycles. The van der Waals surface area contributed by atoms with Gasteiger partial charge in [-0.25, -0.2) is 4.63 Å². The molecule has 2 N–H and O–H groups in total. The third-order valence-corrected chi connectivity index (χ3v) is 3.25. The van der Waals surface area contributed by atoms with Crippen molar-refractivity contribution in [2.45, 2.75) is 30.9 Å². The number of hydrogen-bond donors (Lipinski definition) is 2. The van der Waals surface area contributed by atoms with E-state index in [0.717, 1.165) is 5.69 Å². The third-order valence-electron chi connectivity index (χ3n) is 3.25. The van der Waals surface area contributed by atoms with E-state index in [9.17, 15) is 10.3 Å². The van der Waals surface area contributed by atoms with Gasteiger partial charge in [0.05, 0.1) is 6.04 Å². The second kappa shape index (κ2) is 2.53. The lowest BCUT2D eigenvalue weighted by atomic mass is 9.81. The number of fused-ring (bicyclic) bond motifs is 3. The van der Waals surface area contributed by atoms with Crippen LogP contribution in [0.5, 0.6) is 0 Å². The molecule has 2 heterocycles. The van der Waals surface area contributed by atoms with Crippen LogP contribution < -0.4 is 0 Å². The van der Waals surface area contributed by atoms with E-state index in [1.807, 2.05) is 0 Å². The molecule has 0 aromatic carbocycles. The van der Waals surface area contributed by atoms with Crippen LogP contribution in [0, 0.1) is 0 Å². The lowest BCUT2D eigenvalue weighted by Gasteiger charge is -2.33. The number of rotatable bonds is 0. The summed E-state index contributed by atoms with van der Waals surface area (Å²) >= 11 is 0. The molecule has 1 aliphatic heterocycles. The molecule has 1 saturated heterocycles. The van der Waals surface area contributed by atoms with Gasteiger partial charge in [-0.15, -0.1) is 0 Å². The summed E-state index contributed by atoms with van der Waals surface area (Å²) in [4.78, 5) is 0. The van der Waals surface area contributed by atoms with E-state index in [1.165, 1.54) is 5.06 Å². The molecule has 2 aliphatic rings. The Labute approximate surface area is 80.0 Å². The number of nitrogens with zero attached hydrogens (tertiary/aromatic N) is 3. The van der Waals surface area contributed by atoms with Gasteiger partial charge in [0.2, 0.25) is 0 Å². The summed E-state index contributed by atoms with van der Waals surface area (Å²) in [6.45, 7) is 0.466. The molecule has 1 aromatic heterocycles. The van der Waals surface area contributed by atoms with Crippen LogP contribution in [0.15, 0.2) is 4.63 Å². The molecule has 0 unspecified atom stereocenters. The maximum absolute atomic E-state index is 10.4. The maximum Gasteiger partial charge on any atom is 0.141 e. The SMILES string of the molecule is ON1CC[C@]2(O)c3nonc3CC[C@@H]12. The number of aromatic nitrogens is 2. The van der Waals surface area contributed by atoms with E-state index in [0.29, 0.717) is 31.5 Å². The Morgan fingerprint density at radius 2 is 2.36 bits per heavy atom. The second-order valence-corrected chi connectivity index (χ2v) is 3.95. The predicted octanol–water partition coefficient (Wildman–Crippen LogP) is -0.333. The first-order valence-electron chi connectivity index (χ1n) is 4.71. The molecule has 0 bridgehead atoms. The monoisotopic (exact) mass is 197 g/mol. The molecule has 1 fully saturated rings. The van der Waals surface area contributed by atoms with E-state index >= 15 is 0 Å². The van der Waals surface area contributed by atoms with Gasteiger partial charge in [0.1, 0.15) is 17.0 Å². The summed E-state index contributed by atoms with van der Waals surface area (Å²) in [5.74, 6) is 0. The molecule has 6 nitrogen and oxygen atoms in total. The van der Waals surface area contributed by atoms with E-state index in [-0.39, 0.29) is 6.04 Å². The van der Waals surface area contributed by atoms with Gasteiger partial charge < -0.3 is 10.3 Å². The summed E-state index contributed by atoms with van der Waals surface area (Å²) in [6.07, 6.45) is 1.87. The molecule has 0 radical (unpaired) electrons. The van der Waals surface area contributed by atoms with Crippen molar-refractivity contribution in [2.75, 3.05) is 6.54 Å². The third kappa shape index (κ3) is 0.853. The fraction of sp³-hybridized carbons (Fsp3) is 0.750. The van der Waals surface area contributed by atoms with Gasteiger partial charge >= 0.3 is 0 Å². The van der Waals surface area contributed by atoms with Crippen LogP contribution in [0.25, 0.3) is 0 Å². The van der Waals surface area contributed by atoms with Gasteiger partial charge in [0, 0.05) is 6.54 Å². The van der Waals surface area contributed by atoms with Gasteiger partial charge in [0.15, 0.2) is 0 Å². The van der Waals surface area contributed by atoms with Crippen molar-refractivity contribution in [1.82, 2.24) is 15.4 Å². The Balaban J connectivity index is 2.11. The van der Waals surface area contributed by atoms with Crippen molar-refractivity contribution in [3.63, 3.8) is 0 Å². The highest BCUT2D eigenvalue weighted by atomic mass is 16.6. The normalized spacial score (nSPS) is 36.9. The Kier molecular flexibility index (Phi) is 1.51. The molecule has 76 valence electrons. The quantitative estimate of drug-likeness (QED) is 0.592. The van der Waals surface area contributed by atoms with Crippen LogP contribution in [-0.4, -0.2) is 38.3 Å². The molecule has 2 atom stereocenters. The zero-order valence-electron chi connectivity index (χ0n) is 7.55. The summed E-state index contributed by atoms with van der Waals surface area (Å²) < 4.78 is 4.62. The van der Waals surface area contributed by atoms with Crippen LogP contribution in [0.2, 0.25) is 0 Å². The highest BCUT2D eigenvalue weighted by Gasteiger charge is 2.52. The van der Waals surface area contributed by atoms with Crippen LogP contribution in [0.4, 0.5) is 0 Å². The zero-order chi connectivity index (χ0) is 9.76. The van der Waals surface area contributed by atoms with Gasteiger partial charge in [-0.2, -0.15) is 5.06 Å². The Hall–Kier alpha value is -0.980. The lowest BCUT2D eigenvalue weighted by molar-refractivity contribution is -0.144. The summed E-state index contributed by atoms with van der Waals surface area (Å²) in [5.41, 5.74) is 0.159. The first-order valence-corrected chi connectivity index (χ1v) is 4.71. The minimum atomic E-state index is -1.07. The van der Waals surface area contributed by atoms with Crippen molar-refractivity contribution in [1.29, 1.82) is 0 Å². The summed E-state index contributed by atoms with van der Waals surface area (Å²) in [7, 11) is 0. The highest BCUT2D eigenvalue weighted by molar-refractivity contribution is 5.25. The average molecular weight is 197 g/mol. The number of hydrogen-bond acceptors (Lipinski definition) is 6. The van der Waals surface area contributed by atoms with Crippen molar-refractivity contribution in [2.24, 2.45) is 0 Å². The van der Waals surface area contributed by atoms with E-state index in [1.54, 1.807) is 0 Å². The molecule has 3 rings (SSSR count). The smallest absolute Gasteiger partial charge is 0.141 e. The van der Waals surface area contributed by atoms with Crippen molar-refractivity contribution >= 4 is 0 Å². The fourth-order valence-electron chi connectivity index (χ4n) is 2.49. The molecule has 1 aliphatic carbocycles. The number of hydroxylamine groups is 2. The van der Waals surface area contributed by atoms with Crippen LogP contribution >= 0.6 is 0 Å². The minimum Gasteiger partial charge on any atom is -0.382 e. The number of aliphatic hydroxyl groups is 1. The van der Waals surface area contributed by atoms with E-state index < -0.39 is 5.60 Å². The van der Waals surface area contributed by atoms with E-state index in [4.69, 9.17) is 0 Å². The van der Waals surface area contributed by atoms with Crippen LogP contribution in [-0.2, 0) is 12.0 Å². The van der Waals surface area contributed by atoms with Gasteiger partial charge in [-0.1, -0.05) is 10.3 Å². The second-order valence-electron chi connectivity index (χ2n) is 3.95. The van der Waals surface area contributed by atoms with Gasteiger partial charge in [-0.3, -0.25) is 0 Å². The Bertz CT molecular complexity index is 366. The van der Waals surface area contributed by atoms with Crippen molar-refractivity contribution < 1.29 is 14.9 Å². The minimum absolute atomic E-state index is 0.262. The Morgan fingerprint density at radius 3 is 3.21 bits per heavy atom. The topological polar surface area (TPSA) is 82.6 Å². The largest absolute Gasteiger partial charge is 0.382 e. The Morgan fingerprint density at radius 1 is 1.50 bits per heavy atom. The highest BCUT2D eigenvalue weighted by Crippen LogP contribution is 2.42. The maximum atomic E-state index is 10.4. The van der Waals surface area contributed by atoms with Gasteiger partial charge in [-0.05, 0) is 19.3 Å². The molecule has 0 spiro atoms. The van der Waals surface area contributed by atoms with Crippen LogP contribution in [0.3, 0.4) is 0 Å². The van der Waals surface area contributed by atoms with Crippen molar-refractivity contribution in [3.05, 3.63) is 11.4 Å². The fourth-order valence-corrected chi connectivity index (χ4v) is 2.49. The predicted molar refractivity (Wildman–Crippen MR) is 43.4 cm³/mol. The first-order chi connectivity index (χ1) is 6.72. The zero-order valence-corrected chi connectivity index (χ0v) is 7.55. The summed E-state index contributed by atoms with van der Waals surface area (Å²) in [5, 5.41) is 28.6. The summed E-state index contributed by atoms with van der Waals surface area (Å²) in [6, 6.07) is -0.262. The first kappa shape index (κ1) is 8.34. The van der Waals surface area contributed by atoms with Gasteiger partial charge in [0.25, 0.3) is 0 Å². The molecular formula is C8H11N3O3. The molecule has 6 heteroatoms. The standard InChI is InChI=1S/C8H11N3O3/c12-8-3-4-11(13)6(8)2-1-5-7(8)10-14-9-5/h6,12-13H,1-4H2/t6-,8-/m1/s1. The average Bonchev–Trinajstić information content (AvgIpc) is 2.72. The van der Waals surface area contributed by atoms with Crippen molar-refractivity contribution in [3.8, 4) is 0 Å². The number of aryl methyl sites for hydroxylation is 1.